The van der Waals surface area contributed by atoms with Crippen LogP contribution in [0.3, 0.4) is 0 Å². The first-order valence-electron chi connectivity index (χ1n) is 6.76. The van der Waals surface area contributed by atoms with E-state index in [-0.39, 0.29) is 5.75 Å². The van der Waals surface area contributed by atoms with Crippen LogP contribution in [-0.4, -0.2) is 32.7 Å². The number of phenols is 1. The summed E-state index contributed by atoms with van der Waals surface area (Å²) in [5.41, 5.74) is 1.59. The van der Waals surface area contributed by atoms with Crippen LogP contribution < -0.4 is 14.2 Å². The van der Waals surface area contributed by atoms with E-state index in [1.54, 1.807) is 45.7 Å². The predicted octanol–water partition coefficient (Wildman–Crippen LogP) is 3.04. The quantitative estimate of drug-likeness (QED) is 0.833. The molecule has 2 rings (SSSR count). The van der Waals surface area contributed by atoms with Gasteiger partial charge >= 0.3 is 0 Å². The molecule has 0 bridgehead atoms. The molecule has 0 radical (unpaired) electrons. The van der Waals surface area contributed by atoms with Gasteiger partial charge in [0.1, 0.15) is 5.75 Å². The predicted molar refractivity (Wildman–Crippen MR) is 85.5 cm³/mol. The van der Waals surface area contributed by atoms with Gasteiger partial charge in [0, 0.05) is 11.8 Å². The van der Waals surface area contributed by atoms with Gasteiger partial charge in [-0.3, -0.25) is 4.99 Å². The second kappa shape index (κ2) is 7.36. The summed E-state index contributed by atoms with van der Waals surface area (Å²) < 4.78 is 15.9. The van der Waals surface area contributed by atoms with Crippen molar-refractivity contribution in [2.75, 3.05) is 21.3 Å². The number of aromatic hydroxyl groups is 1. The lowest BCUT2D eigenvalue weighted by Crippen LogP contribution is -1.97. The second-order valence-electron chi connectivity index (χ2n) is 4.56. The van der Waals surface area contributed by atoms with Gasteiger partial charge in [0.05, 0.1) is 27.9 Å². The molecule has 0 aliphatic heterocycles. The van der Waals surface area contributed by atoms with Crippen molar-refractivity contribution in [1.29, 1.82) is 0 Å². The fourth-order valence-corrected chi connectivity index (χ4v) is 2.07. The Balaban J connectivity index is 2.21. The molecule has 0 atom stereocenters. The maximum Gasteiger partial charge on any atom is 0.203 e. The zero-order valence-corrected chi connectivity index (χ0v) is 12.9. The Hall–Kier alpha value is -2.69. The Morgan fingerprint density at radius 2 is 1.64 bits per heavy atom. The van der Waals surface area contributed by atoms with Crippen molar-refractivity contribution < 1.29 is 19.3 Å². The van der Waals surface area contributed by atoms with Crippen LogP contribution in [0.1, 0.15) is 11.1 Å². The average molecular weight is 301 g/mol. The molecule has 0 spiro atoms. The summed E-state index contributed by atoms with van der Waals surface area (Å²) in [6.07, 6.45) is 1.64. The van der Waals surface area contributed by atoms with Crippen LogP contribution in [0, 0.1) is 0 Å². The van der Waals surface area contributed by atoms with Gasteiger partial charge in [-0.1, -0.05) is 12.1 Å². The summed E-state index contributed by atoms with van der Waals surface area (Å²) in [7, 11) is 4.72. The molecular weight excluding hydrogens is 282 g/mol. The van der Waals surface area contributed by atoms with Gasteiger partial charge in [0.15, 0.2) is 11.5 Å². The van der Waals surface area contributed by atoms with Crippen LogP contribution in [0.25, 0.3) is 0 Å². The van der Waals surface area contributed by atoms with E-state index in [0.717, 1.165) is 5.56 Å². The largest absolute Gasteiger partial charge is 0.507 e. The Labute approximate surface area is 129 Å². The third-order valence-electron chi connectivity index (χ3n) is 3.17. The fourth-order valence-electron chi connectivity index (χ4n) is 2.07. The number of methoxy groups -OCH3 is 3. The van der Waals surface area contributed by atoms with Gasteiger partial charge in [0.25, 0.3) is 0 Å². The number of aliphatic imine (C=N–C) groups is 1. The van der Waals surface area contributed by atoms with Crippen LogP contribution in [0.5, 0.6) is 23.0 Å². The molecule has 0 fully saturated rings. The minimum atomic E-state index is 0.205. The highest BCUT2D eigenvalue weighted by molar-refractivity contribution is 5.83. The van der Waals surface area contributed by atoms with Crippen molar-refractivity contribution in [3.63, 3.8) is 0 Å². The van der Waals surface area contributed by atoms with E-state index >= 15 is 0 Å². The van der Waals surface area contributed by atoms with E-state index < -0.39 is 0 Å². The Kier molecular flexibility index (Phi) is 5.25. The lowest BCUT2D eigenvalue weighted by atomic mass is 10.1. The molecule has 1 N–H and O–H groups in total. The summed E-state index contributed by atoms with van der Waals surface area (Å²) >= 11 is 0. The molecule has 22 heavy (non-hydrogen) atoms. The van der Waals surface area contributed by atoms with Crippen molar-refractivity contribution in [3.8, 4) is 23.0 Å². The van der Waals surface area contributed by atoms with Gasteiger partial charge in [-0.2, -0.15) is 0 Å². The Morgan fingerprint density at radius 3 is 2.18 bits per heavy atom. The van der Waals surface area contributed by atoms with Crippen molar-refractivity contribution in [2.45, 2.75) is 6.54 Å². The summed E-state index contributed by atoms with van der Waals surface area (Å²) in [4.78, 5) is 4.34. The van der Waals surface area contributed by atoms with E-state index in [0.29, 0.717) is 29.4 Å². The molecule has 0 heterocycles. The summed E-state index contributed by atoms with van der Waals surface area (Å²) in [6.45, 7) is 0.436. The van der Waals surface area contributed by atoms with Gasteiger partial charge in [-0.15, -0.1) is 0 Å². The standard InChI is InChI=1S/C17H19NO4/c1-20-15-8-12(9-16(21-2)17(15)22-3)10-18-11-13-6-4-5-7-14(13)19/h4-9,11,19H,10H2,1-3H3. The number of hydrogen-bond donors (Lipinski definition) is 1. The van der Waals surface area contributed by atoms with Crippen LogP contribution >= 0.6 is 0 Å². The minimum absolute atomic E-state index is 0.205. The smallest absolute Gasteiger partial charge is 0.203 e. The average Bonchev–Trinajstić information content (AvgIpc) is 2.55. The Bertz CT molecular complexity index is 642. The number of para-hydroxylation sites is 1. The fraction of sp³-hybridized carbons (Fsp3) is 0.235. The van der Waals surface area contributed by atoms with Crippen LogP contribution in [0.2, 0.25) is 0 Å². The van der Waals surface area contributed by atoms with Crippen LogP contribution in [0.15, 0.2) is 41.4 Å². The molecule has 0 amide bonds. The first-order chi connectivity index (χ1) is 10.7. The van der Waals surface area contributed by atoms with Crippen LogP contribution in [0.4, 0.5) is 0 Å². The number of benzene rings is 2. The molecule has 5 nitrogen and oxygen atoms in total. The van der Waals surface area contributed by atoms with Gasteiger partial charge in [0.2, 0.25) is 5.75 Å². The number of ether oxygens (including phenoxy) is 3. The van der Waals surface area contributed by atoms with E-state index in [9.17, 15) is 5.11 Å². The van der Waals surface area contributed by atoms with Gasteiger partial charge < -0.3 is 19.3 Å². The van der Waals surface area contributed by atoms with E-state index in [1.807, 2.05) is 18.2 Å². The van der Waals surface area contributed by atoms with E-state index in [4.69, 9.17) is 14.2 Å². The summed E-state index contributed by atoms with van der Waals surface area (Å²) in [5, 5.41) is 9.69. The number of phenolic OH excluding ortho intramolecular Hbond substituents is 1. The second-order valence-corrected chi connectivity index (χ2v) is 4.56. The highest BCUT2D eigenvalue weighted by atomic mass is 16.5. The summed E-state index contributed by atoms with van der Waals surface area (Å²) in [5.74, 6) is 1.94. The minimum Gasteiger partial charge on any atom is -0.507 e. The first-order valence-corrected chi connectivity index (χ1v) is 6.76. The van der Waals surface area contributed by atoms with Crippen molar-refractivity contribution >= 4 is 6.21 Å². The van der Waals surface area contributed by atoms with Crippen molar-refractivity contribution in [1.82, 2.24) is 0 Å². The lowest BCUT2D eigenvalue weighted by Gasteiger charge is -2.13. The normalized spacial score (nSPS) is 10.7. The topological polar surface area (TPSA) is 60.3 Å². The summed E-state index contributed by atoms with van der Waals surface area (Å²) in [6, 6.07) is 10.7. The molecule has 0 aromatic heterocycles. The van der Waals surface area contributed by atoms with E-state index in [2.05, 4.69) is 4.99 Å². The maximum atomic E-state index is 9.69. The van der Waals surface area contributed by atoms with Crippen molar-refractivity contribution in [3.05, 3.63) is 47.5 Å². The number of hydrogen-bond acceptors (Lipinski definition) is 5. The third kappa shape index (κ3) is 3.49. The first kappa shape index (κ1) is 15.7. The molecule has 0 saturated heterocycles. The molecule has 2 aromatic rings. The highest BCUT2D eigenvalue weighted by Gasteiger charge is 2.12. The molecule has 0 aliphatic rings. The molecule has 0 aliphatic carbocycles. The molecule has 0 saturated carbocycles. The Morgan fingerprint density at radius 1 is 1.00 bits per heavy atom. The lowest BCUT2D eigenvalue weighted by molar-refractivity contribution is 0.324. The molecule has 2 aromatic carbocycles. The van der Waals surface area contributed by atoms with Crippen molar-refractivity contribution in [2.24, 2.45) is 4.99 Å². The zero-order valence-electron chi connectivity index (χ0n) is 12.9. The van der Waals surface area contributed by atoms with E-state index in [1.165, 1.54) is 0 Å². The number of rotatable bonds is 6. The molecule has 0 unspecified atom stereocenters. The monoisotopic (exact) mass is 301 g/mol. The van der Waals surface area contributed by atoms with Gasteiger partial charge in [-0.05, 0) is 29.8 Å². The zero-order chi connectivity index (χ0) is 15.9. The van der Waals surface area contributed by atoms with Gasteiger partial charge in [-0.25, -0.2) is 0 Å². The maximum absolute atomic E-state index is 9.69. The SMILES string of the molecule is COc1cc(CN=Cc2ccccc2O)cc(OC)c1OC. The third-order valence-corrected chi connectivity index (χ3v) is 3.17. The molecule has 5 heteroatoms. The van der Waals surface area contributed by atoms with Crippen LogP contribution in [-0.2, 0) is 6.54 Å². The molecular formula is C17H19NO4. The number of nitrogens with zero attached hydrogens (tertiary/aromatic N) is 1. The molecule has 116 valence electrons. The highest BCUT2D eigenvalue weighted by Crippen LogP contribution is 2.38.